The first-order chi connectivity index (χ1) is 15.0. The van der Waals surface area contributed by atoms with Crippen molar-refractivity contribution in [2.75, 3.05) is 33.4 Å². The Morgan fingerprint density at radius 2 is 2.19 bits per heavy atom. The first kappa shape index (κ1) is 21.4. The molecule has 11 nitrogen and oxygen atoms in total. The van der Waals surface area contributed by atoms with Gasteiger partial charge in [0.2, 0.25) is 5.89 Å². The molecule has 0 radical (unpaired) electrons. The van der Waals surface area contributed by atoms with Gasteiger partial charge in [0.05, 0.1) is 18.3 Å². The van der Waals surface area contributed by atoms with Crippen molar-refractivity contribution in [2.45, 2.75) is 44.1 Å². The fourth-order valence-electron chi connectivity index (χ4n) is 4.38. The molecule has 4 rings (SSSR count). The van der Waals surface area contributed by atoms with Gasteiger partial charge in [-0.05, 0) is 37.7 Å². The highest BCUT2D eigenvalue weighted by molar-refractivity contribution is 5.91. The molecule has 2 saturated heterocycles. The van der Waals surface area contributed by atoms with Gasteiger partial charge in [0.25, 0.3) is 5.91 Å². The Kier molecular flexibility index (Phi) is 6.33. The molecule has 31 heavy (non-hydrogen) atoms. The van der Waals surface area contributed by atoms with Crippen LogP contribution in [0.15, 0.2) is 21.1 Å². The van der Waals surface area contributed by atoms with Crippen molar-refractivity contribution < 1.29 is 28.1 Å². The summed E-state index contributed by atoms with van der Waals surface area (Å²) in [6.07, 6.45) is 4.55. The molecule has 2 aliphatic heterocycles. The lowest BCUT2D eigenvalue weighted by molar-refractivity contribution is -0.402. The molecule has 2 aromatic heterocycles. The van der Waals surface area contributed by atoms with Crippen molar-refractivity contribution in [3.63, 3.8) is 0 Å². The number of nitro groups is 1. The second-order valence-corrected chi connectivity index (χ2v) is 8.13. The van der Waals surface area contributed by atoms with Crippen LogP contribution >= 0.6 is 0 Å². The Labute approximate surface area is 178 Å². The van der Waals surface area contributed by atoms with Crippen LogP contribution in [-0.4, -0.2) is 64.9 Å². The van der Waals surface area contributed by atoms with E-state index >= 15 is 0 Å². The number of amides is 1. The second kappa shape index (κ2) is 9.15. The topological polar surface area (TPSA) is 134 Å². The highest BCUT2D eigenvalue weighted by Crippen LogP contribution is 2.39. The summed E-state index contributed by atoms with van der Waals surface area (Å²) in [5, 5.41) is 14.8. The van der Waals surface area contributed by atoms with Crippen LogP contribution in [0, 0.1) is 16.0 Å². The number of carbonyl (C=O) groups is 1. The molecule has 2 aliphatic rings. The summed E-state index contributed by atoms with van der Waals surface area (Å²) in [4.78, 5) is 28.9. The monoisotopic (exact) mass is 434 g/mol. The molecule has 1 spiro atoms. The van der Waals surface area contributed by atoms with Gasteiger partial charge >= 0.3 is 5.88 Å². The van der Waals surface area contributed by atoms with Gasteiger partial charge in [0, 0.05) is 39.6 Å². The lowest BCUT2D eigenvalue weighted by Gasteiger charge is -2.46. The fourth-order valence-corrected chi connectivity index (χ4v) is 4.38. The lowest BCUT2D eigenvalue weighted by atomic mass is 9.78. The molecule has 4 heterocycles. The maximum atomic E-state index is 12.6. The average molecular weight is 434 g/mol. The Hall–Kier alpha value is -2.79. The molecular formula is C20H26N4O7. The van der Waals surface area contributed by atoms with E-state index in [1.165, 1.54) is 12.1 Å². The number of likely N-dealkylation sites (tertiary alicyclic amines) is 1. The smallest absolute Gasteiger partial charge is 0.395 e. The van der Waals surface area contributed by atoms with Crippen LogP contribution in [0.2, 0.25) is 0 Å². The Balaban J connectivity index is 1.31. The molecule has 2 fully saturated rings. The van der Waals surface area contributed by atoms with Gasteiger partial charge in [0.1, 0.15) is 4.92 Å². The van der Waals surface area contributed by atoms with Crippen molar-refractivity contribution in [3.8, 4) is 0 Å². The van der Waals surface area contributed by atoms with E-state index < -0.39 is 10.8 Å². The number of hydrogen-bond acceptors (Lipinski definition) is 9. The van der Waals surface area contributed by atoms with Crippen LogP contribution in [0.25, 0.3) is 0 Å². The maximum absolute atomic E-state index is 12.6. The number of rotatable bonds is 7. The fraction of sp³-hybridized carbons (Fsp3) is 0.650. The van der Waals surface area contributed by atoms with Crippen molar-refractivity contribution >= 4 is 11.8 Å². The zero-order valence-corrected chi connectivity index (χ0v) is 17.4. The molecule has 11 heteroatoms. The van der Waals surface area contributed by atoms with Crippen LogP contribution in [0.3, 0.4) is 0 Å². The molecule has 0 saturated carbocycles. The Morgan fingerprint density at radius 3 is 2.90 bits per heavy atom. The van der Waals surface area contributed by atoms with E-state index in [2.05, 4.69) is 10.1 Å². The van der Waals surface area contributed by atoms with Gasteiger partial charge in [0.15, 0.2) is 11.6 Å². The third-order valence-corrected chi connectivity index (χ3v) is 6.04. The van der Waals surface area contributed by atoms with E-state index in [4.69, 9.17) is 18.4 Å². The van der Waals surface area contributed by atoms with Gasteiger partial charge in [-0.25, -0.2) is 0 Å². The van der Waals surface area contributed by atoms with E-state index in [9.17, 15) is 14.9 Å². The van der Waals surface area contributed by atoms with E-state index in [-0.39, 0.29) is 17.3 Å². The predicted octanol–water partition coefficient (Wildman–Crippen LogP) is 2.40. The number of methoxy groups -OCH3 is 1. The SMILES string of the molecule is COCCc1noc(CC2CCOC3(CCN(C(=O)c4ccc([N+](=O)[O-])o4)CC3)C2)n1. The third kappa shape index (κ3) is 4.93. The van der Waals surface area contributed by atoms with Crippen molar-refractivity contribution in [1.29, 1.82) is 0 Å². The highest BCUT2D eigenvalue weighted by atomic mass is 16.6. The number of furan rings is 1. The van der Waals surface area contributed by atoms with Crippen LogP contribution in [0.4, 0.5) is 5.88 Å². The molecule has 0 aromatic carbocycles. The third-order valence-electron chi connectivity index (χ3n) is 6.04. The molecule has 0 aliphatic carbocycles. The first-order valence-corrected chi connectivity index (χ1v) is 10.5. The number of aromatic nitrogens is 2. The van der Waals surface area contributed by atoms with Crippen LogP contribution in [0.5, 0.6) is 0 Å². The predicted molar refractivity (Wildman–Crippen MR) is 105 cm³/mol. The van der Waals surface area contributed by atoms with Gasteiger partial charge < -0.3 is 23.3 Å². The number of hydrogen-bond donors (Lipinski definition) is 0. The minimum Gasteiger partial charge on any atom is -0.395 e. The van der Waals surface area contributed by atoms with Crippen molar-refractivity contribution in [1.82, 2.24) is 15.0 Å². The van der Waals surface area contributed by atoms with Gasteiger partial charge in [-0.2, -0.15) is 4.98 Å². The number of nitrogens with zero attached hydrogens (tertiary/aromatic N) is 4. The summed E-state index contributed by atoms with van der Waals surface area (Å²) >= 11 is 0. The normalized spacial score (nSPS) is 20.8. The number of ether oxygens (including phenoxy) is 2. The highest BCUT2D eigenvalue weighted by Gasteiger charge is 2.42. The summed E-state index contributed by atoms with van der Waals surface area (Å²) in [7, 11) is 1.64. The summed E-state index contributed by atoms with van der Waals surface area (Å²) in [6, 6.07) is 2.55. The van der Waals surface area contributed by atoms with E-state index in [1.54, 1.807) is 12.0 Å². The van der Waals surface area contributed by atoms with Crippen molar-refractivity contribution in [3.05, 3.63) is 39.7 Å². The Morgan fingerprint density at radius 1 is 1.39 bits per heavy atom. The standard InChI is InChI=1S/C20H26N4O7/c1-28-10-5-16-21-17(31-22-16)12-14-4-11-29-20(13-14)6-8-23(9-7-20)19(25)15-2-3-18(30-15)24(26)27/h2-3,14H,4-13H2,1H3. The largest absolute Gasteiger partial charge is 0.433 e. The average Bonchev–Trinajstić information content (AvgIpc) is 3.42. The van der Waals surface area contributed by atoms with Gasteiger partial charge in [-0.1, -0.05) is 5.16 Å². The lowest BCUT2D eigenvalue weighted by Crippen LogP contribution is -2.51. The summed E-state index contributed by atoms with van der Waals surface area (Å²) in [5.74, 6) is 0.903. The zero-order chi connectivity index (χ0) is 21.8. The first-order valence-electron chi connectivity index (χ1n) is 10.5. The maximum Gasteiger partial charge on any atom is 0.433 e. The van der Waals surface area contributed by atoms with Crippen molar-refractivity contribution in [2.24, 2.45) is 5.92 Å². The number of piperidine rings is 1. The molecule has 1 unspecified atom stereocenters. The van der Waals surface area contributed by atoms with E-state index in [0.717, 1.165) is 12.8 Å². The minimum absolute atomic E-state index is 0.00856. The minimum atomic E-state index is -0.651. The van der Waals surface area contributed by atoms with Gasteiger partial charge in [-0.15, -0.1) is 0 Å². The van der Waals surface area contributed by atoms with E-state index in [1.807, 2.05) is 0 Å². The molecule has 1 amide bonds. The molecule has 0 bridgehead atoms. The quantitative estimate of drug-likeness (QED) is 0.475. The van der Waals surface area contributed by atoms with Gasteiger partial charge in [-0.3, -0.25) is 14.9 Å². The zero-order valence-electron chi connectivity index (χ0n) is 17.4. The summed E-state index contributed by atoms with van der Waals surface area (Å²) < 4.78 is 21.7. The van der Waals surface area contributed by atoms with Crippen LogP contribution in [-0.2, 0) is 22.3 Å². The van der Waals surface area contributed by atoms with E-state index in [0.29, 0.717) is 69.6 Å². The molecular weight excluding hydrogens is 408 g/mol. The molecule has 1 atom stereocenters. The molecule has 2 aromatic rings. The molecule has 0 N–H and O–H groups in total. The summed E-state index contributed by atoms with van der Waals surface area (Å²) in [5.41, 5.74) is -0.270. The summed E-state index contributed by atoms with van der Waals surface area (Å²) in [6.45, 7) is 2.25. The number of carbonyl (C=O) groups excluding carboxylic acids is 1. The van der Waals surface area contributed by atoms with Crippen LogP contribution in [0.1, 0.15) is 48.0 Å². The Bertz CT molecular complexity index is 916. The second-order valence-electron chi connectivity index (χ2n) is 8.13. The van der Waals surface area contributed by atoms with Crippen LogP contribution < -0.4 is 0 Å². The molecule has 168 valence electrons.